The van der Waals surface area contributed by atoms with Crippen LogP contribution in [0.2, 0.25) is 0 Å². The van der Waals surface area contributed by atoms with Crippen LogP contribution in [0, 0.1) is 0 Å². The smallest absolute Gasteiger partial charge is 0.256 e. The number of aryl methyl sites for hydroxylation is 1. The molecule has 1 aliphatic rings. The van der Waals surface area contributed by atoms with Gasteiger partial charge in [0.1, 0.15) is 0 Å². The molecule has 2 aromatic carbocycles. The largest absolute Gasteiger partial charge is 0.378 e. The maximum absolute atomic E-state index is 12.7. The van der Waals surface area contributed by atoms with Gasteiger partial charge in [-0.3, -0.25) is 9.59 Å². The summed E-state index contributed by atoms with van der Waals surface area (Å²) in [4.78, 5) is 27.0. The van der Waals surface area contributed by atoms with Crippen molar-refractivity contribution in [1.82, 2.24) is 4.90 Å². The third-order valence-corrected chi connectivity index (χ3v) is 4.33. The van der Waals surface area contributed by atoms with Gasteiger partial charge in [0.25, 0.3) is 11.8 Å². The number of amides is 2. The minimum atomic E-state index is -0.218. The lowest BCUT2D eigenvalue weighted by Gasteiger charge is -2.27. The Morgan fingerprint density at radius 1 is 1.04 bits per heavy atom. The number of hydrogen-bond acceptors (Lipinski definition) is 3. The Hall–Kier alpha value is -2.66. The van der Waals surface area contributed by atoms with Gasteiger partial charge in [0.05, 0.1) is 24.5 Å². The maximum atomic E-state index is 12.7. The Balaban J connectivity index is 1.77. The Kier molecular flexibility index (Phi) is 5.46. The van der Waals surface area contributed by atoms with E-state index in [4.69, 9.17) is 4.74 Å². The second kappa shape index (κ2) is 7.94. The summed E-state index contributed by atoms with van der Waals surface area (Å²) in [6.07, 6.45) is 0.929. The molecule has 3 rings (SSSR count). The molecule has 1 heterocycles. The Bertz CT molecular complexity index is 750. The van der Waals surface area contributed by atoms with Crippen molar-refractivity contribution in [2.45, 2.75) is 13.3 Å². The first-order chi connectivity index (χ1) is 12.2. The number of benzene rings is 2. The van der Waals surface area contributed by atoms with E-state index in [2.05, 4.69) is 12.2 Å². The van der Waals surface area contributed by atoms with Gasteiger partial charge in [0.15, 0.2) is 0 Å². The van der Waals surface area contributed by atoms with E-state index in [0.717, 1.165) is 6.42 Å². The van der Waals surface area contributed by atoms with E-state index in [0.29, 0.717) is 43.1 Å². The third kappa shape index (κ3) is 4.06. The number of carbonyl (C=O) groups excluding carboxylic acids is 2. The normalized spacial score (nSPS) is 14.2. The third-order valence-electron chi connectivity index (χ3n) is 4.33. The molecule has 0 spiro atoms. The van der Waals surface area contributed by atoms with Gasteiger partial charge in [0, 0.05) is 18.7 Å². The molecule has 0 atom stereocenters. The van der Waals surface area contributed by atoms with Crippen molar-refractivity contribution in [1.29, 1.82) is 0 Å². The van der Waals surface area contributed by atoms with Gasteiger partial charge in [-0.15, -0.1) is 0 Å². The summed E-state index contributed by atoms with van der Waals surface area (Å²) in [5.74, 6) is -0.301. The van der Waals surface area contributed by atoms with Crippen LogP contribution in [0.5, 0.6) is 0 Å². The number of anilines is 1. The second-order valence-electron chi connectivity index (χ2n) is 5.95. The van der Waals surface area contributed by atoms with Crippen LogP contribution in [0.25, 0.3) is 0 Å². The number of rotatable bonds is 4. The van der Waals surface area contributed by atoms with Crippen molar-refractivity contribution in [2.24, 2.45) is 0 Å². The monoisotopic (exact) mass is 338 g/mol. The molecule has 2 aromatic rings. The minimum absolute atomic E-state index is 0.0828. The molecular formula is C20H22N2O3. The zero-order valence-corrected chi connectivity index (χ0v) is 14.3. The Morgan fingerprint density at radius 2 is 1.72 bits per heavy atom. The fraction of sp³-hybridized carbons (Fsp3) is 0.300. The van der Waals surface area contributed by atoms with Gasteiger partial charge < -0.3 is 15.0 Å². The number of hydrogen-bond donors (Lipinski definition) is 1. The predicted molar refractivity (Wildman–Crippen MR) is 96.9 cm³/mol. The van der Waals surface area contributed by atoms with Crippen LogP contribution in [0.4, 0.5) is 5.69 Å². The lowest BCUT2D eigenvalue weighted by Crippen LogP contribution is -2.41. The molecule has 0 saturated carbocycles. The van der Waals surface area contributed by atoms with Crippen LogP contribution in [-0.2, 0) is 11.2 Å². The first kappa shape index (κ1) is 17.2. The summed E-state index contributed by atoms with van der Waals surface area (Å²) < 4.78 is 5.29. The van der Waals surface area contributed by atoms with Crippen molar-refractivity contribution >= 4 is 17.5 Å². The zero-order valence-electron chi connectivity index (χ0n) is 14.3. The summed E-state index contributed by atoms with van der Waals surface area (Å²) in [7, 11) is 0. The second-order valence-corrected chi connectivity index (χ2v) is 5.95. The molecule has 0 unspecified atom stereocenters. The first-order valence-electron chi connectivity index (χ1n) is 8.55. The standard InChI is InChI=1S/C20H22N2O3/c1-2-15-7-9-16(10-8-15)19(23)21-18-6-4-3-5-17(18)20(24)22-11-13-25-14-12-22/h3-10H,2,11-14H2,1H3,(H,21,23). The van der Waals surface area contributed by atoms with Crippen molar-refractivity contribution in [3.63, 3.8) is 0 Å². The number of nitrogens with one attached hydrogen (secondary N) is 1. The highest BCUT2D eigenvalue weighted by Crippen LogP contribution is 2.19. The summed E-state index contributed by atoms with van der Waals surface area (Å²) in [5, 5.41) is 2.87. The van der Waals surface area contributed by atoms with Gasteiger partial charge in [0.2, 0.25) is 0 Å². The molecule has 5 nitrogen and oxygen atoms in total. The molecule has 0 aromatic heterocycles. The van der Waals surface area contributed by atoms with Gasteiger partial charge in [-0.05, 0) is 36.2 Å². The van der Waals surface area contributed by atoms with E-state index < -0.39 is 0 Å². The summed E-state index contributed by atoms with van der Waals surface area (Å²) in [6, 6.07) is 14.6. The number of ether oxygens (including phenoxy) is 1. The van der Waals surface area contributed by atoms with Crippen LogP contribution < -0.4 is 5.32 Å². The SMILES string of the molecule is CCc1ccc(C(=O)Nc2ccccc2C(=O)N2CCOCC2)cc1. The molecule has 5 heteroatoms. The lowest BCUT2D eigenvalue weighted by atomic mass is 10.1. The van der Waals surface area contributed by atoms with E-state index in [1.807, 2.05) is 18.2 Å². The van der Waals surface area contributed by atoms with E-state index in [-0.39, 0.29) is 11.8 Å². The van der Waals surface area contributed by atoms with Gasteiger partial charge in [-0.2, -0.15) is 0 Å². The van der Waals surface area contributed by atoms with Crippen LogP contribution in [-0.4, -0.2) is 43.0 Å². The van der Waals surface area contributed by atoms with Crippen LogP contribution in [0.1, 0.15) is 33.2 Å². The van der Waals surface area contributed by atoms with E-state index in [9.17, 15) is 9.59 Å². The number of carbonyl (C=O) groups is 2. The quantitative estimate of drug-likeness (QED) is 0.932. The highest BCUT2D eigenvalue weighted by atomic mass is 16.5. The molecule has 1 aliphatic heterocycles. The molecule has 1 saturated heterocycles. The first-order valence-corrected chi connectivity index (χ1v) is 8.55. The van der Waals surface area contributed by atoms with Crippen molar-refractivity contribution in [2.75, 3.05) is 31.6 Å². The molecular weight excluding hydrogens is 316 g/mol. The fourth-order valence-corrected chi connectivity index (χ4v) is 2.80. The van der Waals surface area contributed by atoms with Crippen LogP contribution in [0.3, 0.4) is 0 Å². The number of morpholine rings is 1. The fourth-order valence-electron chi connectivity index (χ4n) is 2.80. The molecule has 2 amide bonds. The van der Waals surface area contributed by atoms with Gasteiger partial charge in [-0.25, -0.2) is 0 Å². The Labute approximate surface area is 147 Å². The molecule has 0 radical (unpaired) electrons. The van der Waals surface area contributed by atoms with E-state index in [1.54, 1.807) is 35.2 Å². The summed E-state index contributed by atoms with van der Waals surface area (Å²) >= 11 is 0. The van der Waals surface area contributed by atoms with Crippen LogP contribution >= 0.6 is 0 Å². The van der Waals surface area contributed by atoms with Crippen molar-refractivity contribution in [3.05, 3.63) is 65.2 Å². The molecule has 1 fully saturated rings. The lowest BCUT2D eigenvalue weighted by molar-refractivity contribution is 0.0303. The Morgan fingerprint density at radius 3 is 2.40 bits per heavy atom. The molecule has 1 N–H and O–H groups in total. The summed E-state index contributed by atoms with van der Waals surface area (Å²) in [5.41, 5.74) is 2.79. The highest BCUT2D eigenvalue weighted by Gasteiger charge is 2.21. The molecule has 25 heavy (non-hydrogen) atoms. The molecule has 130 valence electrons. The average molecular weight is 338 g/mol. The molecule has 0 aliphatic carbocycles. The average Bonchev–Trinajstić information content (AvgIpc) is 2.68. The highest BCUT2D eigenvalue weighted by molar-refractivity contribution is 6.09. The summed E-state index contributed by atoms with van der Waals surface area (Å²) in [6.45, 7) is 4.30. The topological polar surface area (TPSA) is 58.6 Å². The van der Waals surface area contributed by atoms with Gasteiger partial charge in [-0.1, -0.05) is 31.2 Å². The predicted octanol–water partition coefficient (Wildman–Crippen LogP) is 2.97. The van der Waals surface area contributed by atoms with E-state index in [1.165, 1.54) is 5.56 Å². The zero-order chi connectivity index (χ0) is 17.6. The maximum Gasteiger partial charge on any atom is 0.256 e. The van der Waals surface area contributed by atoms with Gasteiger partial charge >= 0.3 is 0 Å². The van der Waals surface area contributed by atoms with Crippen molar-refractivity contribution < 1.29 is 14.3 Å². The number of para-hydroxylation sites is 1. The minimum Gasteiger partial charge on any atom is -0.378 e. The van der Waals surface area contributed by atoms with E-state index >= 15 is 0 Å². The number of nitrogens with zero attached hydrogens (tertiary/aromatic N) is 1. The van der Waals surface area contributed by atoms with Crippen molar-refractivity contribution in [3.8, 4) is 0 Å². The molecule has 0 bridgehead atoms. The van der Waals surface area contributed by atoms with Crippen LogP contribution in [0.15, 0.2) is 48.5 Å².